The first kappa shape index (κ1) is 22.4. The van der Waals surface area contributed by atoms with Crippen LogP contribution in [0.25, 0.3) is 0 Å². The molecule has 2 fully saturated rings. The van der Waals surface area contributed by atoms with Crippen molar-refractivity contribution in [1.82, 2.24) is 4.90 Å². The summed E-state index contributed by atoms with van der Waals surface area (Å²) in [6.07, 6.45) is 9.00. The minimum Gasteiger partial charge on any atom is -0.335 e. The summed E-state index contributed by atoms with van der Waals surface area (Å²) in [5.41, 5.74) is 4.53. The number of nitrogens with one attached hydrogen (secondary N) is 2. The van der Waals surface area contributed by atoms with E-state index in [4.69, 9.17) is 0 Å². The van der Waals surface area contributed by atoms with Gasteiger partial charge in [0.05, 0.1) is 0 Å². The van der Waals surface area contributed by atoms with Crippen LogP contribution in [0.4, 0.5) is 16.2 Å². The minimum atomic E-state index is -0.263. The van der Waals surface area contributed by atoms with Gasteiger partial charge in [0.15, 0.2) is 0 Å². The van der Waals surface area contributed by atoms with Crippen molar-refractivity contribution in [2.24, 2.45) is 5.92 Å². The van der Waals surface area contributed by atoms with Crippen LogP contribution in [0.15, 0.2) is 42.5 Å². The van der Waals surface area contributed by atoms with Crippen LogP contribution < -0.4 is 10.6 Å². The molecule has 5 heteroatoms. The molecule has 2 aromatic carbocycles. The van der Waals surface area contributed by atoms with Crippen molar-refractivity contribution in [3.05, 3.63) is 59.2 Å². The van der Waals surface area contributed by atoms with Crippen LogP contribution in [-0.4, -0.2) is 29.4 Å². The van der Waals surface area contributed by atoms with Crippen molar-refractivity contribution in [3.8, 4) is 0 Å². The van der Waals surface area contributed by atoms with Gasteiger partial charge in [0.2, 0.25) is 0 Å². The van der Waals surface area contributed by atoms with Crippen molar-refractivity contribution in [2.45, 2.75) is 71.3 Å². The predicted molar refractivity (Wildman–Crippen MR) is 130 cm³/mol. The molecular formula is C27H35N3O2. The van der Waals surface area contributed by atoms with Gasteiger partial charge in [-0.15, -0.1) is 0 Å². The summed E-state index contributed by atoms with van der Waals surface area (Å²) in [7, 11) is 0. The molecule has 5 nitrogen and oxygen atoms in total. The minimum absolute atomic E-state index is 0.127. The van der Waals surface area contributed by atoms with Gasteiger partial charge in [0.1, 0.15) is 0 Å². The molecule has 2 unspecified atom stereocenters. The van der Waals surface area contributed by atoms with Gasteiger partial charge in [0.25, 0.3) is 5.91 Å². The normalized spacial score (nSPS) is 20.4. The van der Waals surface area contributed by atoms with Crippen molar-refractivity contribution in [1.29, 1.82) is 0 Å². The van der Waals surface area contributed by atoms with Crippen molar-refractivity contribution in [3.63, 3.8) is 0 Å². The second kappa shape index (κ2) is 10.2. The van der Waals surface area contributed by atoms with E-state index in [1.165, 1.54) is 25.7 Å². The molecule has 2 aliphatic rings. The van der Waals surface area contributed by atoms with Crippen molar-refractivity contribution in [2.75, 3.05) is 17.2 Å². The number of nitrogens with zero attached hydrogens (tertiary/aromatic N) is 1. The highest BCUT2D eigenvalue weighted by Crippen LogP contribution is 2.36. The lowest BCUT2D eigenvalue weighted by Gasteiger charge is -2.44. The Kier molecular flexibility index (Phi) is 7.13. The molecule has 0 aromatic heterocycles. The first-order valence-electron chi connectivity index (χ1n) is 12.2. The fourth-order valence-electron chi connectivity index (χ4n) is 5.42. The van der Waals surface area contributed by atoms with Gasteiger partial charge in [-0.25, -0.2) is 4.79 Å². The molecule has 0 radical (unpaired) electrons. The number of piperidine rings is 1. The average Bonchev–Trinajstić information content (AvgIpc) is 2.83. The van der Waals surface area contributed by atoms with Crippen LogP contribution in [0.5, 0.6) is 0 Å². The van der Waals surface area contributed by atoms with Crippen molar-refractivity contribution >= 4 is 23.3 Å². The Balaban J connectivity index is 1.41. The van der Waals surface area contributed by atoms with Gasteiger partial charge < -0.3 is 15.5 Å². The van der Waals surface area contributed by atoms with Crippen LogP contribution in [0.2, 0.25) is 0 Å². The molecule has 2 aromatic rings. The van der Waals surface area contributed by atoms with Crippen LogP contribution in [0.1, 0.15) is 73.9 Å². The van der Waals surface area contributed by atoms with Gasteiger partial charge >= 0.3 is 6.03 Å². The zero-order chi connectivity index (χ0) is 22.5. The fraction of sp³-hybridized carbons (Fsp3) is 0.481. The number of benzene rings is 2. The van der Waals surface area contributed by atoms with E-state index in [1.807, 2.05) is 42.5 Å². The molecule has 1 aliphatic carbocycles. The topological polar surface area (TPSA) is 61.4 Å². The second-order valence-electron chi connectivity index (χ2n) is 9.07. The lowest BCUT2D eigenvalue weighted by Crippen LogP contribution is -2.49. The highest BCUT2D eigenvalue weighted by Gasteiger charge is 2.35. The van der Waals surface area contributed by atoms with E-state index in [0.29, 0.717) is 23.2 Å². The quantitative estimate of drug-likeness (QED) is 0.585. The number of rotatable bonds is 5. The molecule has 1 saturated heterocycles. The Labute approximate surface area is 191 Å². The van der Waals surface area contributed by atoms with Crippen LogP contribution in [-0.2, 0) is 12.8 Å². The third kappa shape index (κ3) is 4.82. The molecule has 1 heterocycles. The number of para-hydroxylation sites is 1. The maximum absolute atomic E-state index is 13.2. The molecule has 2 atom stereocenters. The molecule has 0 spiro atoms. The van der Waals surface area contributed by atoms with E-state index in [2.05, 4.69) is 29.4 Å². The van der Waals surface area contributed by atoms with E-state index >= 15 is 0 Å². The molecule has 32 heavy (non-hydrogen) atoms. The second-order valence-corrected chi connectivity index (χ2v) is 9.07. The smallest absolute Gasteiger partial charge is 0.323 e. The summed E-state index contributed by atoms with van der Waals surface area (Å²) < 4.78 is 0. The van der Waals surface area contributed by atoms with E-state index < -0.39 is 0 Å². The maximum Gasteiger partial charge on any atom is 0.323 e. The number of likely N-dealkylation sites (tertiary alicyclic amines) is 1. The molecule has 0 bridgehead atoms. The number of aryl methyl sites for hydroxylation is 2. The number of carbonyl (C=O) groups excluding carboxylic acids is 2. The molecule has 170 valence electrons. The number of anilines is 2. The summed E-state index contributed by atoms with van der Waals surface area (Å²) in [4.78, 5) is 27.9. The Morgan fingerprint density at radius 3 is 2.22 bits per heavy atom. The lowest BCUT2D eigenvalue weighted by molar-refractivity contribution is 0.0390. The number of carbonyl (C=O) groups is 2. The van der Waals surface area contributed by atoms with E-state index in [0.717, 1.165) is 49.0 Å². The Hall–Kier alpha value is -2.82. The Morgan fingerprint density at radius 2 is 1.53 bits per heavy atom. The van der Waals surface area contributed by atoms with Gasteiger partial charge in [0, 0.05) is 29.5 Å². The third-order valence-corrected chi connectivity index (χ3v) is 7.13. The molecule has 1 saturated carbocycles. The third-order valence-electron chi connectivity index (χ3n) is 7.13. The summed E-state index contributed by atoms with van der Waals surface area (Å²) in [5, 5.41) is 5.93. The SMILES string of the molecule is CCc1cccc(CC)c1NC(=O)Nc1ccc(C(=O)N2CCCC3CCCCC32)cc1. The predicted octanol–water partition coefficient (Wildman–Crippen LogP) is 6.25. The van der Waals surface area contributed by atoms with E-state index in [1.54, 1.807) is 0 Å². The highest BCUT2D eigenvalue weighted by molar-refractivity contribution is 6.01. The number of fused-ring (bicyclic) bond motifs is 1. The fourth-order valence-corrected chi connectivity index (χ4v) is 5.42. The van der Waals surface area contributed by atoms with Gasteiger partial charge in [-0.2, -0.15) is 0 Å². The average molecular weight is 434 g/mol. The molecule has 2 N–H and O–H groups in total. The number of hydrogen-bond donors (Lipinski definition) is 2. The first-order chi connectivity index (χ1) is 15.6. The van der Waals surface area contributed by atoms with Crippen LogP contribution >= 0.6 is 0 Å². The molecular weight excluding hydrogens is 398 g/mol. The Morgan fingerprint density at radius 1 is 0.875 bits per heavy atom. The van der Waals surface area contributed by atoms with Gasteiger partial charge in [-0.3, -0.25) is 4.79 Å². The zero-order valence-corrected chi connectivity index (χ0v) is 19.3. The number of urea groups is 1. The van der Waals surface area contributed by atoms with E-state index in [-0.39, 0.29) is 11.9 Å². The highest BCUT2D eigenvalue weighted by atomic mass is 16.2. The summed E-state index contributed by atoms with van der Waals surface area (Å²) >= 11 is 0. The zero-order valence-electron chi connectivity index (χ0n) is 19.3. The first-order valence-corrected chi connectivity index (χ1v) is 12.2. The lowest BCUT2D eigenvalue weighted by atomic mass is 9.78. The van der Waals surface area contributed by atoms with Crippen LogP contribution in [0, 0.1) is 5.92 Å². The van der Waals surface area contributed by atoms with Gasteiger partial charge in [-0.1, -0.05) is 44.9 Å². The summed E-state index contributed by atoms with van der Waals surface area (Å²) in [6, 6.07) is 13.6. The van der Waals surface area contributed by atoms with Crippen LogP contribution in [0.3, 0.4) is 0 Å². The van der Waals surface area contributed by atoms with Crippen molar-refractivity contribution < 1.29 is 9.59 Å². The Bertz CT molecular complexity index is 930. The molecule has 1 aliphatic heterocycles. The molecule has 4 rings (SSSR count). The maximum atomic E-state index is 13.2. The number of hydrogen-bond acceptors (Lipinski definition) is 2. The number of amides is 3. The summed E-state index contributed by atoms with van der Waals surface area (Å²) in [5.74, 6) is 0.798. The van der Waals surface area contributed by atoms with E-state index in [9.17, 15) is 9.59 Å². The van der Waals surface area contributed by atoms with Gasteiger partial charge in [-0.05, 0) is 79.8 Å². The standard InChI is InChI=1S/C27H35N3O2/c1-3-19-10-7-11-20(4-2)25(19)29-27(32)28-23-16-14-22(15-17-23)26(31)30-18-8-12-21-9-5-6-13-24(21)30/h7,10-11,14-17,21,24H,3-6,8-9,12-13,18H2,1-2H3,(H2,28,29,32). The molecule has 3 amide bonds. The monoisotopic (exact) mass is 433 g/mol. The largest absolute Gasteiger partial charge is 0.335 e. The summed E-state index contributed by atoms with van der Waals surface area (Å²) in [6.45, 7) is 5.04.